The second kappa shape index (κ2) is 12.7. The van der Waals surface area contributed by atoms with Gasteiger partial charge in [0.15, 0.2) is 0 Å². The zero-order valence-electron chi connectivity index (χ0n) is 21.9. The molecule has 0 radical (unpaired) electrons. The molecule has 0 saturated carbocycles. The molecule has 8 nitrogen and oxygen atoms in total. The minimum atomic E-state index is -0.553. The summed E-state index contributed by atoms with van der Waals surface area (Å²) in [5.74, 6) is -0.330. The van der Waals surface area contributed by atoms with Gasteiger partial charge in [-0.05, 0) is 42.5 Å². The quantitative estimate of drug-likeness (QED) is 0.354. The maximum absolute atomic E-state index is 13.8. The van der Waals surface area contributed by atoms with Crippen molar-refractivity contribution in [3.05, 3.63) is 94.3 Å². The molecular weight excluding hydrogens is 525 g/mol. The number of carbonyl (C=O) groups is 2. The van der Waals surface area contributed by atoms with E-state index < -0.39 is 23.7 Å². The van der Waals surface area contributed by atoms with Crippen LogP contribution in [-0.4, -0.2) is 68.5 Å². The molecule has 1 heterocycles. The predicted molar refractivity (Wildman–Crippen MR) is 146 cm³/mol. The number of hydrazone groups is 1. The van der Waals surface area contributed by atoms with Crippen molar-refractivity contribution in [1.82, 2.24) is 9.91 Å². The summed E-state index contributed by atoms with van der Waals surface area (Å²) in [6.07, 6.45) is 0.356. The molecule has 0 aromatic heterocycles. The van der Waals surface area contributed by atoms with E-state index in [1.54, 1.807) is 38.5 Å². The summed E-state index contributed by atoms with van der Waals surface area (Å²) in [6.45, 7) is 0.00998. The molecule has 1 atom stereocenters. The van der Waals surface area contributed by atoms with E-state index in [-0.39, 0.29) is 25.3 Å². The third-order valence-electron chi connectivity index (χ3n) is 6.40. The van der Waals surface area contributed by atoms with E-state index in [0.29, 0.717) is 39.8 Å². The van der Waals surface area contributed by atoms with Gasteiger partial charge in [-0.2, -0.15) is 5.10 Å². The lowest BCUT2D eigenvalue weighted by molar-refractivity contribution is -0.133. The smallest absolute Gasteiger partial charge is 0.262 e. The van der Waals surface area contributed by atoms with Crippen LogP contribution in [0.4, 0.5) is 4.39 Å². The number of benzene rings is 3. The van der Waals surface area contributed by atoms with Crippen LogP contribution in [-0.2, 0) is 9.53 Å². The Kier molecular flexibility index (Phi) is 9.16. The molecule has 0 unspecified atom stereocenters. The number of carbonyl (C=O) groups excluding carboxylic acids is 2. The van der Waals surface area contributed by atoms with Crippen molar-refractivity contribution in [3.63, 3.8) is 0 Å². The highest BCUT2D eigenvalue weighted by molar-refractivity contribution is 6.34. The molecule has 10 heteroatoms. The monoisotopic (exact) mass is 553 g/mol. The Hall–Kier alpha value is -3.95. The second-order valence-electron chi connectivity index (χ2n) is 8.82. The van der Waals surface area contributed by atoms with Crippen LogP contribution in [0, 0.1) is 5.82 Å². The zero-order valence-corrected chi connectivity index (χ0v) is 22.7. The number of hydrogen-bond acceptors (Lipinski definition) is 6. The van der Waals surface area contributed by atoms with Crippen molar-refractivity contribution in [3.8, 4) is 11.5 Å². The molecule has 1 aliphatic heterocycles. The average molecular weight is 554 g/mol. The number of amides is 2. The van der Waals surface area contributed by atoms with E-state index in [0.717, 1.165) is 6.07 Å². The normalized spacial score (nSPS) is 14.6. The van der Waals surface area contributed by atoms with E-state index in [1.807, 2.05) is 18.2 Å². The van der Waals surface area contributed by atoms with Crippen LogP contribution in [0.3, 0.4) is 0 Å². The molecular formula is C29H29ClFN3O5. The van der Waals surface area contributed by atoms with Gasteiger partial charge in [-0.1, -0.05) is 35.9 Å². The highest BCUT2D eigenvalue weighted by atomic mass is 35.5. The standard InChI is InChI=1S/C29H29ClFN3O5/c1-37-14-13-33(29(36)19-7-6-8-20(31)15-19)18-28(35)34-26(23-16-21(38-2)11-12-27(23)39-3)17-25(32-34)22-9-4-5-10-24(22)30/h4-12,15-16,26H,13-14,17-18H2,1-3H3/t26-/m0/s1. The Bertz CT molecular complexity index is 1380. The SMILES string of the molecule is COCCN(CC(=O)N1N=C(c2ccccc2Cl)C[C@H]1c1cc(OC)ccc1OC)C(=O)c1cccc(F)c1. The molecule has 39 heavy (non-hydrogen) atoms. The van der Waals surface area contributed by atoms with Crippen molar-refractivity contribution >= 4 is 29.1 Å². The Labute approximate surface area is 231 Å². The van der Waals surface area contributed by atoms with E-state index in [9.17, 15) is 14.0 Å². The minimum absolute atomic E-state index is 0.125. The molecule has 4 rings (SSSR count). The predicted octanol–water partition coefficient (Wildman–Crippen LogP) is 4.96. The molecule has 0 fully saturated rings. The summed E-state index contributed by atoms with van der Waals surface area (Å²) in [6, 6.07) is 17.4. The van der Waals surface area contributed by atoms with E-state index >= 15 is 0 Å². The van der Waals surface area contributed by atoms with Crippen molar-refractivity contribution in [2.24, 2.45) is 5.10 Å². The fourth-order valence-electron chi connectivity index (χ4n) is 4.43. The lowest BCUT2D eigenvalue weighted by Crippen LogP contribution is -2.42. The first-order valence-electron chi connectivity index (χ1n) is 12.3. The molecule has 3 aromatic rings. The number of ether oxygens (including phenoxy) is 3. The maximum atomic E-state index is 13.8. The largest absolute Gasteiger partial charge is 0.497 e. The Morgan fingerprint density at radius 1 is 1.05 bits per heavy atom. The highest BCUT2D eigenvalue weighted by Gasteiger charge is 2.36. The summed E-state index contributed by atoms with van der Waals surface area (Å²) >= 11 is 6.47. The molecule has 1 aliphatic rings. The van der Waals surface area contributed by atoms with Gasteiger partial charge in [0.2, 0.25) is 0 Å². The lowest BCUT2D eigenvalue weighted by Gasteiger charge is -2.28. The van der Waals surface area contributed by atoms with Crippen LogP contribution in [0.25, 0.3) is 0 Å². The lowest BCUT2D eigenvalue weighted by atomic mass is 9.97. The van der Waals surface area contributed by atoms with Gasteiger partial charge in [-0.15, -0.1) is 0 Å². The van der Waals surface area contributed by atoms with Crippen LogP contribution in [0.2, 0.25) is 5.02 Å². The Morgan fingerprint density at radius 3 is 2.54 bits per heavy atom. The summed E-state index contributed by atoms with van der Waals surface area (Å²) in [4.78, 5) is 28.4. The van der Waals surface area contributed by atoms with E-state index in [2.05, 4.69) is 5.10 Å². The van der Waals surface area contributed by atoms with Gasteiger partial charge in [-0.25, -0.2) is 9.40 Å². The number of hydrogen-bond donors (Lipinski definition) is 0. The first kappa shape index (κ1) is 28.1. The van der Waals surface area contributed by atoms with Gasteiger partial charge in [0.25, 0.3) is 11.8 Å². The summed E-state index contributed by atoms with van der Waals surface area (Å²) in [7, 11) is 4.60. The fourth-order valence-corrected chi connectivity index (χ4v) is 4.68. The molecule has 0 bridgehead atoms. The number of methoxy groups -OCH3 is 3. The van der Waals surface area contributed by atoms with Gasteiger partial charge in [0.05, 0.1) is 32.6 Å². The van der Waals surface area contributed by atoms with Crippen LogP contribution in [0.5, 0.6) is 11.5 Å². The molecule has 0 N–H and O–H groups in total. The summed E-state index contributed by atoms with van der Waals surface area (Å²) in [5.41, 5.74) is 2.14. The summed E-state index contributed by atoms with van der Waals surface area (Å²) in [5, 5.41) is 6.54. The van der Waals surface area contributed by atoms with Crippen molar-refractivity contribution in [2.75, 3.05) is 41.0 Å². The third-order valence-corrected chi connectivity index (χ3v) is 6.73. The summed E-state index contributed by atoms with van der Waals surface area (Å²) < 4.78 is 30.0. The number of nitrogens with zero attached hydrogens (tertiary/aromatic N) is 3. The van der Waals surface area contributed by atoms with Crippen LogP contribution < -0.4 is 9.47 Å². The third kappa shape index (κ3) is 6.38. The van der Waals surface area contributed by atoms with Crippen LogP contribution in [0.1, 0.15) is 33.9 Å². The molecule has 0 saturated heterocycles. The minimum Gasteiger partial charge on any atom is -0.497 e. The highest BCUT2D eigenvalue weighted by Crippen LogP contribution is 2.40. The van der Waals surface area contributed by atoms with Gasteiger partial charge in [0, 0.05) is 41.8 Å². The van der Waals surface area contributed by atoms with Gasteiger partial charge in [0.1, 0.15) is 23.9 Å². The van der Waals surface area contributed by atoms with E-state index in [1.165, 1.54) is 35.2 Å². The van der Waals surface area contributed by atoms with Gasteiger partial charge < -0.3 is 19.1 Å². The van der Waals surface area contributed by atoms with Gasteiger partial charge in [-0.3, -0.25) is 9.59 Å². The molecule has 0 aliphatic carbocycles. The fraction of sp³-hybridized carbons (Fsp3) is 0.276. The number of halogens is 2. The first-order valence-corrected chi connectivity index (χ1v) is 12.6. The van der Waals surface area contributed by atoms with Gasteiger partial charge >= 0.3 is 0 Å². The first-order chi connectivity index (χ1) is 18.9. The van der Waals surface area contributed by atoms with Crippen LogP contribution in [0.15, 0.2) is 71.8 Å². The topological polar surface area (TPSA) is 80.7 Å². The maximum Gasteiger partial charge on any atom is 0.262 e. The second-order valence-corrected chi connectivity index (χ2v) is 9.23. The molecule has 3 aromatic carbocycles. The van der Waals surface area contributed by atoms with E-state index in [4.69, 9.17) is 25.8 Å². The molecule has 0 spiro atoms. The Morgan fingerprint density at radius 2 is 1.85 bits per heavy atom. The zero-order chi connectivity index (χ0) is 27.9. The number of rotatable bonds is 10. The average Bonchev–Trinajstić information content (AvgIpc) is 3.40. The Balaban J connectivity index is 1.71. The molecule has 204 valence electrons. The molecule has 2 amide bonds. The van der Waals surface area contributed by atoms with Crippen molar-refractivity contribution in [2.45, 2.75) is 12.5 Å². The van der Waals surface area contributed by atoms with Crippen LogP contribution >= 0.6 is 11.6 Å². The van der Waals surface area contributed by atoms with Crippen molar-refractivity contribution < 1.29 is 28.2 Å². The van der Waals surface area contributed by atoms with Crippen molar-refractivity contribution in [1.29, 1.82) is 0 Å².